The lowest BCUT2D eigenvalue weighted by Gasteiger charge is -2.17. The molecule has 0 saturated carbocycles. The molecule has 1 amide bonds. The third-order valence-electron chi connectivity index (χ3n) is 4.72. The van der Waals surface area contributed by atoms with Crippen LogP contribution in [0.3, 0.4) is 0 Å². The zero-order valence-corrected chi connectivity index (χ0v) is 19.3. The van der Waals surface area contributed by atoms with E-state index >= 15 is 0 Å². The number of fused-ring (bicyclic) bond motifs is 3. The summed E-state index contributed by atoms with van der Waals surface area (Å²) in [5, 5.41) is 3.19. The molecule has 0 fully saturated rings. The Morgan fingerprint density at radius 1 is 1.19 bits per heavy atom. The van der Waals surface area contributed by atoms with E-state index in [1.54, 1.807) is 44.2 Å². The lowest BCUT2D eigenvalue weighted by molar-refractivity contribution is 0.102. The lowest BCUT2D eigenvalue weighted by Crippen LogP contribution is -2.11. The van der Waals surface area contributed by atoms with Gasteiger partial charge in [0.1, 0.15) is 18.2 Å². The molecule has 0 unspecified atom stereocenters. The van der Waals surface area contributed by atoms with Crippen molar-refractivity contribution in [3.63, 3.8) is 0 Å². The zero-order valence-electron chi connectivity index (χ0n) is 17.6. The quantitative estimate of drug-likeness (QED) is 0.410. The van der Waals surface area contributed by atoms with Crippen LogP contribution < -0.4 is 10.1 Å². The molecule has 0 atom stereocenters. The van der Waals surface area contributed by atoms with E-state index in [0.717, 1.165) is 10.4 Å². The van der Waals surface area contributed by atoms with Gasteiger partial charge in [0.05, 0.1) is 29.9 Å². The minimum atomic E-state index is -3.22. The summed E-state index contributed by atoms with van der Waals surface area (Å²) in [6.07, 6.45) is 0.131. The van der Waals surface area contributed by atoms with Gasteiger partial charge in [-0.3, -0.25) is 14.7 Å². The normalized spacial score (nSPS) is 12.6. The molecule has 3 aromatic rings. The van der Waals surface area contributed by atoms with Gasteiger partial charge in [-0.05, 0) is 49.7 Å². The van der Waals surface area contributed by atoms with Crippen LogP contribution in [0.15, 0.2) is 42.5 Å². The van der Waals surface area contributed by atoms with E-state index in [1.165, 1.54) is 23.5 Å². The Hall–Kier alpha value is -2.58. The van der Waals surface area contributed by atoms with Crippen molar-refractivity contribution in [3.8, 4) is 17.0 Å². The number of ether oxygens (including phenoxy) is 1. The molecule has 0 radical (unpaired) electrons. The second kappa shape index (κ2) is 9.50. The van der Waals surface area contributed by atoms with Crippen LogP contribution in [0.4, 0.5) is 9.52 Å². The SMILES string of the molecule is CCOP(=O)(Cc1ccc(C(=O)Nc2nc3c(s2)COc2ccc(F)cc2-3)cc1)OCC. The first kappa shape index (κ1) is 22.6. The monoisotopic (exact) mass is 476 g/mol. The fraction of sp³-hybridized carbons (Fsp3) is 0.273. The van der Waals surface area contributed by atoms with E-state index in [0.29, 0.717) is 34.3 Å². The Bertz CT molecular complexity index is 1170. The number of carbonyl (C=O) groups excluding carboxylic acids is 1. The largest absolute Gasteiger partial charge is 0.487 e. The summed E-state index contributed by atoms with van der Waals surface area (Å²) in [5.74, 6) is -0.146. The van der Waals surface area contributed by atoms with Gasteiger partial charge in [-0.25, -0.2) is 9.37 Å². The smallest absolute Gasteiger partial charge is 0.335 e. The average Bonchev–Trinajstić information content (AvgIpc) is 3.17. The van der Waals surface area contributed by atoms with Gasteiger partial charge >= 0.3 is 7.60 Å². The molecule has 7 nitrogen and oxygen atoms in total. The second-order valence-electron chi connectivity index (χ2n) is 6.98. The highest BCUT2D eigenvalue weighted by molar-refractivity contribution is 7.53. The Morgan fingerprint density at radius 2 is 1.91 bits per heavy atom. The molecular weight excluding hydrogens is 454 g/mol. The molecular formula is C22H22FN2O5PS. The number of aromatic nitrogens is 1. The molecule has 0 aliphatic carbocycles. The molecule has 0 saturated heterocycles. The summed E-state index contributed by atoms with van der Waals surface area (Å²) in [5.41, 5.74) is 2.35. The number of benzene rings is 2. The van der Waals surface area contributed by atoms with Crippen molar-refractivity contribution in [2.24, 2.45) is 0 Å². The Kier molecular flexibility index (Phi) is 6.71. The molecule has 1 N–H and O–H groups in total. The minimum absolute atomic E-state index is 0.131. The number of nitrogens with one attached hydrogen (secondary N) is 1. The van der Waals surface area contributed by atoms with Gasteiger partial charge in [-0.15, -0.1) is 0 Å². The molecule has 0 spiro atoms. The predicted molar refractivity (Wildman–Crippen MR) is 121 cm³/mol. The van der Waals surface area contributed by atoms with Crippen molar-refractivity contribution in [1.82, 2.24) is 4.98 Å². The Labute approximate surface area is 189 Å². The maximum absolute atomic E-state index is 13.7. The number of hydrogen-bond acceptors (Lipinski definition) is 7. The number of anilines is 1. The summed E-state index contributed by atoms with van der Waals surface area (Å²) in [4.78, 5) is 18.0. The van der Waals surface area contributed by atoms with Crippen molar-refractivity contribution in [3.05, 3.63) is 64.3 Å². The van der Waals surface area contributed by atoms with E-state index in [2.05, 4.69) is 10.3 Å². The molecule has 1 aliphatic rings. The molecule has 10 heteroatoms. The number of hydrogen-bond donors (Lipinski definition) is 1. The summed E-state index contributed by atoms with van der Waals surface area (Å²) < 4.78 is 42.6. The fourth-order valence-electron chi connectivity index (χ4n) is 3.35. The standard InChI is InChI=1S/C22H22FN2O5PS/c1-3-29-31(27,30-4-2)13-14-5-7-15(8-6-14)21(26)25-22-24-20-17-11-16(23)9-10-18(17)28-12-19(20)32-22/h5-11H,3-4,12-13H2,1-2H3,(H,24,25,26). The number of amides is 1. The highest BCUT2D eigenvalue weighted by Gasteiger charge is 2.25. The average molecular weight is 476 g/mol. The van der Waals surface area contributed by atoms with Gasteiger partial charge in [0, 0.05) is 11.1 Å². The molecule has 168 valence electrons. The van der Waals surface area contributed by atoms with Gasteiger partial charge in [0.15, 0.2) is 5.13 Å². The van der Waals surface area contributed by atoms with Crippen LogP contribution in [0.5, 0.6) is 5.75 Å². The van der Waals surface area contributed by atoms with E-state index in [4.69, 9.17) is 13.8 Å². The van der Waals surface area contributed by atoms with Crippen LogP contribution in [0.1, 0.15) is 34.6 Å². The van der Waals surface area contributed by atoms with Crippen molar-refractivity contribution < 1.29 is 27.5 Å². The van der Waals surface area contributed by atoms with E-state index in [-0.39, 0.29) is 31.1 Å². The third-order valence-corrected chi connectivity index (χ3v) is 7.72. The van der Waals surface area contributed by atoms with Crippen molar-refractivity contribution >= 4 is 30.0 Å². The Balaban J connectivity index is 1.47. The summed E-state index contributed by atoms with van der Waals surface area (Å²) in [6.45, 7) is 4.42. The number of halogens is 1. The van der Waals surface area contributed by atoms with E-state index < -0.39 is 7.60 Å². The highest BCUT2D eigenvalue weighted by atomic mass is 32.1. The van der Waals surface area contributed by atoms with Crippen LogP contribution in [0.2, 0.25) is 0 Å². The maximum Gasteiger partial charge on any atom is 0.335 e. The maximum atomic E-state index is 13.7. The zero-order chi connectivity index (χ0) is 22.7. The Morgan fingerprint density at radius 3 is 2.59 bits per heavy atom. The van der Waals surface area contributed by atoms with Crippen LogP contribution in [0, 0.1) is 5.82 Å². The molecule has 1 aliphatic heterocycles. The van der Waals surface area contributed by atoms with Crippen molar-refractivity contribution in [1.29, 1.82) is 0 Å². The minimum Gasteiger partial charge on any atom is -0.487 e. The third kappa shape index (κ3) is 4.91. The topological polar surface area (TPSA) is 86.8 Å². The summed E-state index contributed by atoms with van der Waals surface area (Å²) in [6, 6.07) is 11.0. The number of carbonyl (C=O) groups is 1. The first-order valence-corrected chi connectivity index (χ1v) is 12.7. The van der Waals surface area contributed by atoms with Crippen LogP contribution in [-0.2, 0) is 26.4 Å². The van der Waals surface area contributed by atoms with Gasteiger partial charge in [0.25, 0.3) is 5.91 Å². The van der Waals surface area contributed by atoms with E-state index in [1.807, 2.05) is 0 Å². The van der Waals surface area contributed by atoms with Gasteiger partial charge < -0.3 is 13.8 Å². The van der Waals surface area contributed by atoms with Gasteiger partial charge in [-0.2, -0.15) is 0 Å². The van der Waals surface area contributed by atoms with Crippen molar-refractivity contribution in [2.75, 3.05) is 18.5 Å². The van der Waals surface area contributed by atoms with Crippen LogP contribution >= 0.6 is 18.9 Å². The first-order chi connectivity index (χ1) is 15.4. The first-order valence-electron chi connectivity index (χ1n) is 10.1. The van der Waals surface area contributed by atoms with Crippen LogP contribution in [-0.4, -0.2) is 24.1 Å². The highest BCUT2D eigenvalue weighted by Crippen LogP contribution is 2.51. The second-order valence-corrected chi connectivity index (χ2v) is 10.1. The molecule has 32 heavy (non-hydrogen) atoms. The molecule has 1 aromatic heterocycles. The molecule has 4 rings (SSSR count). The molecule has 2 aromatic carbocycles. The van der Waals surface area contributed by atoms with Gasteiger partial charge in [0.2, 0.25) is 0 Å². The number of rotatable bonds is 8. The van der Waals surface area contributed by atoms with Crippen LogP contribution in [0.25, 0.3) is 11.3 Å². The molecule has 2 heterocycles. The number of nitrogens with zero attached hydrogens (tertiary/aromatic N) is 1. The number of thiazole rings is 1. The summed E-state index contributed by atoms with van der Waals surface area (Å²) >= 11 is 1.29. The summed E-state index contributed by atoms with van der Waals surface area (Å²) in [7, 11) is -3.22. The predicted octanol–water partition coefficient (Wildman–Crippen LogP) is 5.86. The van der Waals surface area contributed by atoms with E-state index in [9.17, 15) is 13.8 Å². The van der Waals surface area contributed by atoms with Gasteiger partial charge in [-0.1, -0.05) is 23.5 Å². The fourth-order valence-corrected chi connectivity index (χ4v) is 5.93. The van der Waals surface area contributed by atoms with Crippen molar-refractivity contribution in [2.45, 2.75) is 26.6 Å². The lowest BCUT2D eigenvalue weighted by atomic mass is 10.1. The molecule has 0 bridgehead atoms.